The molecule has 3 N–H and O–H groups in total. The van der Waals surface area contributed by atoms with Crippen molar-refractivity contribution < 1.29 is 9.53 Å². The zero-order valence-corrected chi connectivity index (χ0v) is 15.9. The number of unbranched alkanes of at least 4 members (excludes halogenated alkanes) is 1. The van der Waals surface area contributed by atoms with Crippen LogP contribution in [0.5, 0.6) is 5.88 Å². The van der Waals surface area contributed by atoms with E-state index in [9.17, 15) is 4.79 Å². The molecule has 0 spiro atoms. The van der Waals surface area contributed by atoms with Crippen molar-refractivity contribution in [3.8, 4) is 5.88 Å². The van der Waals surface area contributed by atoms with Crippen LogP contribution in [-0.2, 0) is 4.79 Å². The van der Waals surface area contributed by atoms with E-state index in [-0.39, 0.29) is 16.7 Å². The summed E-state index contributed by atoms with van der Waals surface area (Å²) in [5.74, 6) is 0.592. The van der Waals surface area contributed by atoms with Crippen molar-refractivity contribution in [2.75, 3.05) is 13.7 Å². The lowest BCUT2D eigenvalue weighted by Crippen LogP contribution is -2.51. The molecule has 2 bridgehead atoms. The number of nitrogens with two attached hydrogens (primary N) is 1. The predicted octanol–water partition coefficient (Wildman–Crippen LogP) is 3.04. The summed E-state index contributed by atoms with van der Waals surface area (Å²) in [6.45, 7) is 2.86. The zero-order chi connectivity index (χ0) is 18.6. The van der Waals surface area contributed by atoms with Crippen LogP contribution >= 0.6 is 0 Å². The molecule has 4 rings (SSSR count). The quantitative estimate of drug-likeness (QED) is 0.782. The lowest BCUT2D eigenvalue weighted by molar-refractivity contribution is -0.138. The highest BCUT2D eigenvalue weighted by molar-refractivity contribution is 5.90. The average molecular weight is 358 g/mol. The molecule has 3 aliphatic rings. The molecule has 6 nitrogen and oxygen atoms in total. The van der Waals surface area contributed by atoms with Gasteiger partial charge in [0.05, 0.1) is 12.8 Å². The Hall–Kier alpha value is -1.95. The maximum absolute atomic E-state index is 13.2. The Morgan fingerprint density at radius 2 is 1.92 bits per heavy atom. The van der Waals surface area contributed by atoms with Crippen molar-refractivity contribution in [1.29, 1.82) is 0 Å². The van der Waals surface area contributed by atoms with Gasteiger partial charge in [-0.2, -0.15) is 0 Å². The van der Waals surface area contributed by atoms with Crippen LogP contribution in [0.3, 0.4) is 0 Å². The SMILES string of the molecule is CCC/C=C(/NC(=O)[C@]12CC[C@](CN)(CC1)CC2)c1ccc(OC)nn1. The summed E-state index contributed by atoms with van der Waals surface area (Å²) < 4.78 is 5.07. The van der Waals surface area contributed by atoms with E-state index in [1.54, 1.807) is 13.2 Å². The third-order valence-electron chi connectivity index (χ3n) is 6.33. The molecule has 26 heavy (non-hydrogen) atoms. The molecular weight excluding hydrogens is 328 g/mol. The smallest absolute Gasteiger partial charge is 0.233 e. The Balaban J connectivity index is 1.75. The number of aromatic nitrogens is 2. The van der Waals surface area contributed by atoms with Gasteiger partial charge in [0.15, 0.2) is 0 Å². The Kier molecular flexibility index (Phi) is 5.61. The highest BCUT2D eigenvalue weighted by Gasteiger charge is 2.51. The summed E-state index contributed by atoms with van der Waals surface area (Å²) in [4.78, 5) is 13.2. The maximum atomic E-state index is 13.2. The zero-order valence-electron chi connectivity index (χ0n) is 15.9. The van der Waals surface area contributed by atoms with Crippen LogP contribution in [0.15, 0.2) is 18.2 Å². The van der Waals surface area contributed by atoms with E-state index >= 15 is 0 Å². The lowest BCUT2D eigenvalue weighted by Gasteiger charge is -2.52. The molecule has 6 heteroatoms. The van der Waals surface area contributed by atoms with Crippen molar-refractivity contribution >= 4 is 11.6 Å². The molecule has 0 saturated heterocycles. The third kappa shape index (κ3) is 3.61. The Morgan fingerprint density at radius 3 is 2.42 bits per heavy atom. The van der Waals surface area contributed by atoms with Crippen molar-refractivity contribution in [3.63, 3.8) is 0 Å². The Labute approximate surface area is 155 Å². The molecule has 3 aliphatic carbocycles. The molecule has 1 heterocycles. The normalized spacial score (nSPS) is 28.0. The fraction of sp³-hybridized carbons (Fsp3) is 0.650. The summed E-state index contributed by atoms with van der Waals surface area (Å²) in [6.07, 6.45) is 9.93. The van der Waals surface area contributed by atoms with Gasteiger partial charge in [0, 0.05) is 11.5 Å². The minimum Gasteiger partial charge on any atom is -0.480 e. The van der Waals surface area contributed by atoms with Crippen molar-refractivity contribution in [1.82, 2.24) is 15.5 Å². The number of carbonyl (C=O) groups excluding carboxylic acids is 1. The van der Waals surface area contributed by atoms with E-state index < -0.39 is 0 Å². The van der Waals surface area contributed by atoms with E-state index in [2.05, 4.69) is 22.4 Å². The fourth-order valence-electron chi connectivity index (χ4n) is 4.25. The molecule has 0 atom stereocenters. The molecule has 0 unspecified atom stereocenters. The number of methoxy groups -OCH3 is 1. The number of amides is 1. The monoisotopic (exact) mass is 358 g/mol. The van der Waals surface area contributed by atoms with Gasteiger partial charge in [-0.3, -0.25) is 4.79 Å². The van der Waals surface area contributed by atoms with Gasteiger partial charge in [0.25, 0.3) is 0 Å². The van der Waals surface area contributed by atoms with E-state index in [1.807, 2.05) is 12.1 Å². The van der Waals surface area contributed by atoms with E-state index in [0.29, 0.717) is 11.6 Å². The van der Waals surface area contributed by atoms with E-state index in [4.69, 9.17) is 10.5 Å². The molecule has 3 fully saturated rings. The number of allylic oxidation sites excluding steroid dienone is 1. The minimum atomic E-state index is -0.248. The third-order valence-corrected chi connectivity index (χ3v) is 6.33. The lowest BCUT2D eigenvalue weighted by atomic mass is 9.53. The van der Waals surface area contributed by atoms with Crippen LogP contribution in [0.2, 0.25) is 0 Å². The average Bonchev–Trinajstić information content (AvgIpc) is 2.72. The first-order chi connectivity index (χ1) is 12.6. The number of nitrogens with one attached hydrogen (secondary N) is 1. The number of rotatable bonds is 7. The summed E-state index contributed by atoms with van der Waals surface area (Å²) in [5.41, 5.74) is 7.45. The summed E-state index contributed by atoms with van der Waals surface area (Å²) in [7, 11) is 1.56. The van der Waals surface area contributed by atoms with Crippen LogP contribution in [0.4, 0.5) is 0 Å². The van der Waals surface area contributed by atoms with Gasteiger partial charge in [-0.15, -0.1) is 10.2 Å². The Bertz CT molecular complexity index is 644. The van der Waals surface area contributed by atoms with E-state index in [1.165, 1.54) is 0 Å². The molecule has 1 aromatic heterocycles. The fourth-order valence-corrected chi connectivity index (χ4v) is 4.25. The second kappa shape index (κ2) is 7.74. The summed E-state index contributed by atoms with van der Waals surface area (Å²) in [6, 6.07) is 3.61. The predicted molar refractivity (Wildman–Crippen MR) is 101 cm³/mol. The first-order valence-electron chi connectivity index (χ1n) is 9.66. The number of fused-ring (bicyclic) bond motifs is 3. The largest absolute Gasteiger partial charge is 0.480 e. The number of nitrogens with zero attached hydrogens (tertiary/aromatic N) is 2. The van der Waals surface area contributed by atoms with Crippen LogP contribution in [-0.4, -0.2) is 29.8 Å². The van der Waals surface area contributed by atoms with Crippen molar-refractivity contribution in [2.24, 2.45) is 16.6 Å². The van der Waals surface area contributed by atoms with Crippen molar-refractivity contribution in [3.05, 3.63) is 23.9 Å². The van der Waals surface area contributed by atoms with Gasteiger partial charge >= 0.3 is 0 Å². The summed E-state index contributed by atoms with van der Waals surface area (Å²) in [5, 5.41) is 11.4. The highest BCUT2D eigenvalue weighted by atomic mass is 16.5. The van der Waals surface area contributed by atoms with Gasteiger partial charge in [-0.1, -0.05) is 19.4 Å². The second-order valence-electron chi connectivity index (χ2n) is 7.81. The van der Waals surface area contributed by atoms with Gasteiger partial charge < -0.3 is 15.8 Å². The topological polar surface area (TPSA) is 90.1 Å². The first-order valence-corrected chi connectivity index (χ1v) is 9.66. The van der Waals surface area contributed by atoms with Crippen LogP contribution in [0, 0.1) is 10.8 Å². The van der Waals surface area contributed by atoms with Gasteiger partial charge in [0.2, 0.25) is 11.8 Å². The number of hydrogen-bond donors (Lipinski definition) is 2. The molecular formula is C20H30N4O2. The number of carbonyl (C=O) groups is 1. The summed E-state index contributed by atoms with van der Waals surface area (Å²) >= 11 is 0. The second-order valence-corrected chi connectivity index (χ2v) is 7.81. The van der Waals surface area contributed by atoms with Crippen LogP contribution in [0.25, 0.3) is 5.70 Å². The standard InChI is InChI=1S/C20H30N4O2/c1-3-4-5-15(16-6-7-17(26-2)24-23-16)22-18(25)20-11-8-19(14-21,9-12-20)10-13-20/h5-7H,3-4,8-14,21H2,1-2H3,(H,22,25)/b15-5+/t19-,20+. The highest BCUT2D eigenvalue weighted by Crippen LogP contribution is 2.56. The first kappa shape index (κ1) is 18.8. The van der Waals surface area contributed by atoms with Gasteiger partial charge in [-0.25, -0.2) is 0 Å². The van der Waals surface area contributed by atoms with Gasteiger partial charge in [-0.05, 0) is 63.0 Å². The van der Waals surface area contributed by atoms with Crippen LogP contribution in [0.1, 0.15) is 64.0 Å². The molecule has 1 aromatic rings. The van der Waals surface area contributed by atoms with E-state index in [0.717, 1.165) is 63.6 Å². The molecule has 0 aliphatic heterocycles. The van der Waals surface area contributed by atoms with Gasteiger partial charge in [0.1, 0.15) is 5.69 Å². The molecule has 0 aromatic carbocycles. The molecule has 0 radical (unpaired) electrons. The number of ether oxygens (including phenoxy) is 1. The molecule has 1 amide bonds. The number of hydrogen-bond acceptors (Lipinski definition) is 5. The molecule has 142 valence electrons. The van der Waals surface area contributed by atoms with Crippen molar-refractivity contribution in [2.45, 2.75) is 58.3 Å². The maximum Gasteiger partial charge on any atom is 0.233 e. The minimum absolute atomic E-state index is 0.128. The van der Waals surface area contributed by atoms with Crippen LogP contribution < -0.4 is 15.8 Å². The molecule has 3 saturated carbocycles. The Morgan fingerprint density at radius 1 is 1.23 bits per heavy atom.